The summed E-state index contributed by atoms with van der Waals surface area (Å²) in [5.74, 6) is 0.471. The number of phenolic OH excluding ortho intramolecular Hbond substituents is 1. The third-order valence-electron chi connectivity index (χ3n) is 7.18. The van der Waals surface area contributed by atoms with Gasteiger partial charge in [0.25, 0.3) is 0 Å². The highest BCUT2D eigenvalue weighted by Gasteiger charge is 2.21. The predicted octanol–water partition coefficient (Wildman–Crippen LogP) is 9.79. The highest BCUT2D eigenvalue weighted by atomic mass is 35.5. The first-order chi connectivity index (χ1) is 19.8. The zero-order chi connectivity index (χ0) is 29.4. The summed E-state index contributed by atoms with van der Waals surface area (Å²) >= 11 is 25.3. The van der Waals surface area contributed by atoms with Gasteiger partial charge in [-0.1, -0.05) is 85.2 Å². The third-order valence-corrected chi connectivity index (χ3v) is 8.33. The van der Waals surface area contributed by atoms with Crippen molar-refractivity contribution in [3.8, 4) is 5.75 Å². The van der Waals surface area contributed by atoms with Gasteiger partial charge in [-0.2, -0.15) is 0 Å². The van der Waals surface area contributed by atoms with Crippen LogP contribution in [0.5, 0.6) is 5.75 Å². The van der Waals surface area contributed by atoms with Crippen molar-refractivity contribution in [3.05, 3.63) is 115 Å². The number of ether oxygens (including phenoxy) is 1. The molecular weight excluding hydrogens is 598 g/mol. The molecule has 0 aliphatic rings. The minimum atomic E-state index is -0.345. The second kappa shape index (κ2) is 15.3. The number of benzene rings is 3. The van der Waals surface area contributed by atoms with Crippen LogP contribution in [-0.2, 0) is 37.3 Å². The average Bonchev–Trinajstić information content (AvgIpc) is 3.37. The second-order valence-electron chi connectivity index (χ2n) is 10.5. The maximum Gasteiger partial charge on any atom is 0.244 e. The van der Waals surface area contributed by atoms with E-state index in [1.807, 2.05) is 24.4 Å². The van der Waals surface area contributed by atoms with E-state index in [0.717, 1.165) is 60.8 Å². The van der Waals surface area contributed by atoms with Crippen LogP contribution in [-0.4, -0.2) is 9.67 Å². The lowest BCUT2D eigenvalue weighted by Gasteiger charge is -2.19. The summed E-state index contributed by atoms with van der Waals surface area (Å²) in [7, 11) is 0. The van der Waals surface area contributed by atoms with E-state index in [1.165, 1.54) is 5.56 Å². The molecule has 0 spiro atoms. The number of hydrogen-bond acceptors (Lipinski definition) is 2. The summed E-state index contributed by atoms with van der Waals surface area (Å²) in [6.45, 7) is 5.90. The largest absolute Gasteiger partial charge is 0.507 e. The summed E-state index contributed by atoms with van der Waals surface area (Å²) in [6, 6.07) is 15.2. The fourth-order valence-electron chi connectivity index (χ4n) is 4.91. The molecule has 0 fully saturated rings. The molecule has 1 unspecified atom stereocenters. The van der Waals surface area contributed by atoms with Crippen LogP contribution < -0.4 is 4.57 Å². The van der Waals surface area contributed by atoms with Crippen molar-refractivity contribution in [2.45, 2.75) is 78.2 Å². The van der Waals surface area contributed by atoms with Gasteiger partial charge in [0.05, 0.1) is 6.61 Å². The first-order valence-electron chi connectivity index (χ1n) is 14.2. The summed E-state index contributed by atoms with van der Waals surface area (Å²) in [5, 5.41) is 13.1. The minimum Gasteiger partial charge on any atom is -0.507 e. The number of aromatic nitrogens is 2. The molecule has 0 aliphatic heterocycles. The van der Waals surface area contributed by atoms with E-state index in [9.17, 15) is 5.11 Å². The van der Waals surface area contributed by atoms with Crippen LogP contribution in [0.1, 0.15) is 73.5 Å². The predicted molar refractivity (Wildman–Crippen MR) is 170 cm³/mol. The van der Waals surface area contributed by atoms with E-state index >= 15 is 0 Å². The van der Waals surface area contributed by atoms with E-state index in [0.29, 0.717) is 45.5 Å². The molecule has 41 heavy (non-hydrogen) atoms. The monoisotopic (exact) mass is 633 g/mol. The lowest BCUT2D eigenvalue weighted by atomic mass is 9.97. The molecule has 1 heterocycles. The normalized spacial score (nSPS) is 12.1. The Kier molecular flexibility index (Phi) is 11.8. The van der Waals surface area contributed by atoms with Gasteiger partial charge in [0.1, 0.15) is 37.3 Å². The van der Waals surface area contributed by atoms with Gasteiger partial charge in [-0.05, 0) is 84.3 Å². The van der Waals surface area contributed by atoms with Gasteiger partial charge in [-0.15, -0.1) is 0 Å². The second-order valence-corrected chi connectivity index (χ2v) is 12.1. The minimum absolute atomic E-state index is 0.301. The van der Waals surface area contributed by atoms with Gasteiger partial charge in [-0.3, -0.25) is 0 Å². The first-order valence-corrected chi connectivity index (χ1v) is 15.7. The van der Waals surface area contributed by atoms with Crippen molar-refractivity contribution in [2.24, 2.45) is 0 Å². The molecule has 218 valence electrons. The Morgan fingerprint density at radius 1 is 0.829 bits per heavy atom. The van der Waals surface area contributed by atoms with Crippen LogP contribution in [0.4, 0.5) is 0 Å². The Balaban J connectivity index is 1.54. The van der Waals surface area contributed by atoms with Gasteiger partial charge in [-0.25, -0.2) is 9.13 Å². The molecule has 0 aliphatic carbocycles. The molecular formula is C33H37Cl4N2O2+. The number of imidazole rings is 1. The summed E-state index contributed by atoms with van der Waals surface area (Å²) in [6.07, 6.45) is 11.9. The quantitative estimate of drug-likeness (QED) is 0.140. The summed E-state index contributed by atoms with van der Waals surface area (Å²) in [5.41, 5.74) is 4.97. The molecule has 4 rings (SSSR count). The topological polar surface area (TPSA) is 38.3 Å². The van der Waals surface area contributed by atoms with Gasteiger partial charge in [0, 0.05) is 25.7 Å². The highest BCUT2D eigenvalue weighted by Crippen LogP contribution is 2.32. The number of aryl methyl sites for hydroxylation is 2. The van der Waals surface area contributed by atoms with Crippen LogP contribution in [0.3, 0.4) is 0 Å². The maximum absolute atomic E-state index is 10.9. The van der Waals surface area contributed by atoms with Crippen molar-refractivity contribution >= 4 is 46.4 Å². The van der Waals surface area contributed by atoms with Crippen molar-refractivity contribution in [2.75, 3.05) is 0 Å². The van der Waals surface area contributed by atoms with Crippen LogP contribution in [0.15, 0.2) is 67.3 Å². The van der Waals surface area contributed by atoms with Crippen LogP contribution >= 0.6 is 46.4 Å². The fraction of sp³-hybridized carbons (Fsp3) is 0.364. The van der Waals surface area contributed by atoms with Crippen LogP contribution in [0, 0.1) is 0 Å². The van der Waals surface area contributed by atoms with Crippen molar-refractivity contribution in [1.82, 2.24) is 4.57 Å². The number of hydrogen-bond donors (Lipinski definition) is 1. The molecule has 0 bridgehead atoms. The van der Waals surface area contributed by atoms with E-state index in [4.69, 9.17) is 51.1 Å². The van der Waals surface area contributed by atoms with E-state index in [1.54, 1.807) is 18.2 Å². The standard InChI is InChI=1S/C33H36Cl4N2O2/c1-3-5-7-24-15-23(16-25(33(24)40)8-6-4-2)19-38-13-14-39(22-38)20-32(29-12-11-28(35)18-31(29)37)41-21-26-9-10-27(34)17-30(26)36/h9-18,22,32H,3-8,19-21H2,1-2H3/p+1. The van der Waals surface area contributed by atoms with Gasteiger partial charge in [0.15, 0.2) is 0 Å². The molecule has 0 amide bonds. The Morgan fingerprint density at radius 2 is 1.46 bits per heavy atom. The number of aromatic hydroxyl groups is 1. The third kappa shape index (κ3) is 8.89. The molecule has 4 nitrogen and oxygen atoms in total. The van der Waals surface area contributed by atoms with Gasteiger partial charge >= 0.3 is 0 Å². The van der Waals surface area contributed by atoms with E-state index < -0.39 is 0 Å². The Labute approximate surface area is 263 Å². The molecule has 0 saturated heterocycles. The van der Waals surface area contributed by atoms with Crippen LogP contribution in [0.25, 0.3) is 0 Å². The maximum atomic E-state index is 10.9. The first kappa shape index (κ1) is 31.7. The SMILES string of the molecule is CCCCc1cc(C[n+]2ccn(CC(OCc3ccc(Cl)cc3Cl)c3ccc(Cl)cc3Cl)c2)cc(CCCC)c1O. The van der Waals surface area contributed by atoms with Crippen LogP contribution in [0.2, 0.25) is 20.1 Å². The smallest absolute Gasteiger partial charge is 0.244 e. The van der Waals surface area contributed by atoms with E-state index in [2.05, 4.69) is 47.6 Å². The zero-order valence-electron chi connectivity index (χ0n) is 23.6. The summed E-state index contributed by atoms with van der Waals surface area (Å²) < 4.78 is 10.6. The molecule has 1 aromatic heterocycles. The number of nitrogens with zero attached hydrogens (tertiary/aromatic N) is 2. The lowest BCUT2D eigenvalue weighted by molar-refractivity contribution is -0.687. The number of unbranched alkanes of at least 4 members (excludes halogenated alkanes) is 2. The number of phenols is 1. The fourth-order valence-corrected chi connectivity index (χ4v) is 5.91. The average molecular weight is 635 g/mol. The zero-order valence-corrected chi connectivity index (χ0v) is 26.6. The molecule has 3 aromatic carbocycles. The van der Waals surface area contributed by atoms with Crippen molar-refractivity contribution < 1.29 is 14.4 Å². The summed E-state index contributed by atoms with van der Waals surface area (Å²) in [4.78, 5) is 0. The van der Waals surface area contributed by atoms with E-state index in [-0.39, 0.29) is 6.10 Å². The Morgan fingerprint density at radius 3 is 2.07 bits per heavy atom. The van der Waals surface area contributed by atoms with Crippen molar-refractivity contribution in [1.29, 1.82) is 0 Å². The van der Waals surface area contributed by atoms with Crippen molar-refractivity contribution in [3.63, 3.8) is 0 Å². The molecule has 0 radical (unpaired) electrons. The highest BCUT2D eigenvalue weighted by molar-refractivity contribution is 6.35. The lowest BCUT2D eigenvalue weighted by Crippen LogP contribution is -2.32. The molecule has 8 heteroatoms. The molecule has 1 atom stereocenters. The number of rotatable bonds is 14. The Hall–Kier alpha value is -2.21. The molecule has 0 saturated carbocycles. The van der Waals surface area contributed by atoms with Gasteiger partial charge < -0.3 is 9.84 Å². The molecule has 4 aromatic rings. The number of halogens is 4. The molecule has 1 N–H and O–H groups in total. The Bertz CT molecular complexity index is 1420. The van der Waals surface area contributed by atoms with Gasteiger partial charge in [0.2, 0.25) is 6.33 Å².